The zero-order valence-corrected chi connectivity index (χ0v) is 18.3. The third kappa shape index (κ3) is 4.49. The van der Waals surface area contributed by atoms with Crippen molar-refractivity contribution in [3.63, 3.8) is 0 Å². The molecule has 4 aromatic rings. The average Bonchev–Trinajstić information content (AvgIpc) is 2.84. The lowest BCUT2D eigenvalue weighted by Crippen LogP contribution is -2.27. The Bertz CT molecular complexity index is 1240. The van der Waals surface area contributed by atoms with Gasteiger partial charge in [0.05, 0.1) is 37.0 Å². The topological polar surface area (TPSA) is 72.5 Å². The molecule has 4 rings (SSSR count). The first-order valence-electron chi connectivity index (χ1n) is 10.3. The third-order valence-corrected chi connectivity index (χ3v) is 5.28. The van der Waals surface area contributed by atoms with Crippen LogP contribution in [0.3, 0.4) is 0 Å². The molecule has 0 aliphatic rings. The molecule has 162 valence electrons. The first-order chi connectivity index (χ1) is 15.6. The standard InChI is InChI=1S/C26H25N3O3/c1-17(18-9-5-4-6-10-18)27-26(30)21-16-25(28-22-12-8-7-11-20(21)22)29-23-15-19(31-2)13-14-24(23)32-3/h4-17H,1-3H3,(H,27,30)(H,28,29)/t17-/m1/s1. The lowest BCUT2D eigenvalue weighted by atomic mass is 10.1. The summed E-state index contributed by atoms with van der Waals surface area (Å²) in [6, 6.07) is 24.6. The molecule has 6 heteroatoms. The SMILES string of the molecule is COc1ccc(OC)c(Nc2cc(C(=O)N[C@H](C)c3ccccc3)c3ccccc3n2)c1. The first-order valence-corrected chi connectivity index (χ1v) is 10.3. The Kier molecular flexibility index (Phi) is 6.22. The fourth-order valence-electron chi connectivity index (χ4n) is 3.58. The van der Waals surface area contributed by atoms with Crippen molar-refractivity contribution in [1.29, 1.82) is 0 Å². The maximum absolute atomic E-state index is 13.3. The number of anilines is 2. The van der Waals surface area contributed by atoms with Gasteiger partial charge in [0.1, 0.15) is 17.3 Å². The van der Waals surface area contributed by atoms with Gasteiger partial charge in [-0.25, -0.2) is 4.98 Å². The number of nitrogens with one attached hydrogen (secondary N) is 2. The number of hydrogen-bond donors (Lipinski definition) is 2. The van der Waals surface area contributed by atoms with E-state index in [0.29, 0.717) is 28.6 Å². The summed E-state index contributed by atoms with van der Waals surface area (Å²) in [5.41, 5.74) is 3.00. The van der Waals surface area contributed by atoms with E-state index in [1.807, 2.05) is 79.7 Å². The monoisotopic (exact) mass is 427 g/mol. The van der Waals surface area contributed by atoms with E-state index in [2.05, 4.69) is 10.6 Å². The molecule has 0 bridgehead atoms. The van der Waals surface area contributed by atoms with E-state index in [1.54, 1.807) is 20.3 Å². The summed E-state index contributed by atoms with van der Waals surface area (Å²) >= 11 is 0. The molecule has 1 atom stereocenters. The van der Waals surface area contributed by atoms with Crippen LogP contribution in [0.2, 0.25) is 0 Å². The lowest BCUT2D eigenvalue weighted by Gasteiger charge is -2.17. The quantitative estimate of drug-likeness (QED) is 0.408. The molecule has 0 radical (unpaired) electrons. The fourth-order valence-corrected chi connectivity index (χ4v) is 3.58. The van der Waals surface area contributed by atoms with E-state index >= 15 is 0 Å². The number of methoxy groups -OCH3 is 2. The minimum atomic E-state index is -0.166. The number of amides is 1. The normalized spacial score (nSPS) is 11.6. The molecule has 0 saturated heterocycles. The highest BCUT2D eigenvalue weighted by Gasteiger charge is 2.17. The molecule has 1 aromatic heterocycles. The highest BCUT2D eigenvalue weighted by Crippen LogP contribution is 2.32. The summed E-state index contributed by atoms with van der Waals surface area (Å²) in [4.78, 5) is 18.0. The Balaban J connectivity index is 1.70. The van der Waals surface area contributed by atoms with Gasteiger partial charge in [-0.15, -0.1) is 0 Å². The zero-order chi connectivity index (χ0) is 22.5. The Morgan fingerprint density at radius 2 is 1.66 bits per heavy atom. The van der Waals surface area contributed by atoms with Crippen molar-refractivity contribution < 1.29 is 14.3 Å². The van der Waals surface area contributed by atoms with Crippen molar-refractivity contribution in [2.75, 3.05) is 19.5 Å². The van der Waals surface area contributed by atoms with Gasteiger partial charge < -0.3 is 20.1 Å². The largest absolute Gasteiger partial charge is 0.497 e. The van der Waals surface area contributed by atoms with Crippen molar-refractivity contribution >= 4 is 28.3 Å². The predicted octanol–water partition coefficient (Wildman–Crippen LogP) is 5.49. The summed E-state index contributed by atoms with van der Waals surface area (Å²) in [6.45, 7) is 1.97. The number of rotatable bonds is 7. The Hall–Kier alpha value is -4.06. The van der Waals surface area contributed by atoms with Crippen molar-refractivity contribution in [3.8, 4) is 11.5 Å². The zero-order valence-electron chi connectivity index (χ0n) is 18.3. The van der Waals surface area contributed by atoms with Gasteiger partial charge in [-0.05, 0) is 36.8 Å². The Labute approximate surface area is 187 Å². The minimum Gasteiger partial charge on any atom is -0.497 e. The average molecular weight is 428 g/mol. The van der Waals surface area contributed by atoms with Gasteiger partial charge in [0.25, 0.3) is 5.91 Å². The lowest BCUT2D eigenvalue weighted by molar-refractivity contribution is 0.0941. The second-order valence-electron chi connectivity index (χ2n) is 7.37. The van der Waals surface area contributed by atoms with E-state index < -0.39 is 0 Å². The third-order valence-electron chi connectivity index (χ3n) is 5.28. The highest BCUT2D eigenvalue weighted by atomic mass is 16.5. The summed E-state index contributed by atoms with van der Waals surface area (Å²) in [5, 5.41) is 7.16. The van der Waals surface area contributed by atoms with Crippen molar-refractivity contribution in [1.82, 2.24) is 10.3 Å². The van der Waals surface area contributed by atoms with Crippen molar-refractivity contribution in [2.45, 2.75) is 13.0 Å². The second-order valence-corrected chi connectivity index (χ2v) is 7.37. The van der Waals surface area contributed by atoms with Crippen LogP contribution in [-0.2, 0) is 0 Å². The van der Waals surface area contributed by atoms with Gasteiger partial charge in [0.15, 0.2) is 0 Å². The highest BCUT2D eigenvalue weighted by molar-refractivity contribution is 6.07. The molecule has 0 aliphatic heterocycles. The maximum atomic E-state index is 13.3. The molecule has 2 N–H and O–H groups in total. The number of nitrogens with zero attached hydrogens (tertiary/aromatic N) is 1. The molecule has 0 aliphatic carbocycles. The molecule has 3 aromatic carbocycles. The van der Waals surface area contributed by atoms with Crippen LogP contribution < -0.4 is 20.1 Å². The Morgan fingerprint density at radius 3 is 2.41 bits per heavy atom. The van der Waals surface area contributed by atoms with Crippen LogP contribution in [-0.4, -0.2) is 25.1 Å². The van der Waals surface area contributed by atoms with Crippen LogP contribution in [0.1, 0.15) is 28.9 Å². The molecule has 0 unspecified atom stereocenters. The van der Waals surface area contributed by atoms with Crippen LogP contribution in [0.25, 0.3) is 10.9 Å². The number of para-hydroxylation sites is 1. The molecule has 1 amide bonds. The number of aromatic nitrogens is 1. The smallest absolute Gasteiger partial charge is 0.252 e. The molecule has 1 heterocycles. The number of carbonyl (C=O) groups is 1. The molecule has 0 saturated carbocycles. The summed E-state index contributed by atoms with van der Waals surface area (Å²) in [7, 11) is 3.21. The molecule has 6 nitrogen and oxygen atoms in total. The van der Waals surface area contributed by atoms with E-state index in [0.717, 1.165) is 16.5 Å². The Morgan fingerprint density at radius 1 is 0.906 bits per heavy atom. The van der Waals surface area contributed by atoms with Gasteiger partial charge in [0, 0.05) is 11.5 Å². The van der Waals surface area contributed by atoms with Crippen LogP contribution in [0.15, 0.2) is 78.9 Å². The van der Waals surface area contributed by atoms with E-state index in [1.165, 1.54) is 0 Å². The number of carbonyl (C=O) groups excluding carboxylic acids is 1. The van der Waals surface area contributed by atoms with Gasteiger partial charge in [0.2, 0.25) is 0 Å². The summed E-state index contributed by atoms with van der Waals surface area (Å²) < 4.78 is 10.8. The van der Waals surface area contributed by atoms with Gasteiger partial charge >= 0.3 is 0 Å². The number of hydrogen-bond acceptors (Lipinski definition) is 5. The molecule has 0 fully saturated rings. The summed E-state index contributed by atoms with van der Waals surface area (Å²) in [5.74, 6) is 1.70. The van der Waals surface area contributed by atoms with Crippen LogP contribution in [0.5, 0.6) is 11.5 Å². The van der Waals surface area contributed by atoms with E-state index in [4.69, 9.17) is 14.5 Å². The van der Waals surface area contributed by atoms with Crippen LogP contribution in [0.4, 0.5) is 11.5 Å². The number of fused-ring (bicyclic) bond motifs is 1. The van der Waals surface area contributed by atoms with Crippen LogP contribution >= 0.6 is 0 Å². The number of benzene rings is 3. The summed E-state index contributed by atoms with van der Waals surface area (Å²) in [6.07, 6.45) is 0. The van der Waals surface area contributed by atoms with Gasteiger partial charge in [-0.1, -0.05) is 48.5 Å². The van der Waals surface area contributed by atoms with Gasteiger partial charge in [-0.2, -0.15) is 0 Å². The van der Waals surface area contributed by atoms with Crippen LogP contribution in [0, 0.1) is 0 Å². The second kappa shape index (κ2) is 9.39. The van der Waals surface area contributed by atoms with Crippen molar-refractivity contribution in [2.24, 2.45) is 0 Å². The predicted molar refractivity (Wildman–Crippen MR) is 127 cm³/mol. The van der Waals surface area contributed by atoms with E-state index in [9.17, 15) is 4.79 Å². The molecule has 32 heavy (non-hydrogen) atoms. The number of ether oxygens (including phenoxy) is 2. The molecular weight excluding hydrogens is 402 g/mol. The van der Waals surface area contributed by atoms with E-state index in [-0.39, 0.29) is 11.9 Å². The first kappa shape index (κ1) is 21.2. The van der Waals surface area contributed by atoms with Crippen molar-refractivity contribution in [3.05, 3.63) is 90.0 Å². The van der Waals surface area contributed by atoms with Gasteiger partial charge in [-0.3, -0.25) is 4.79 Å². The fraction of sp³-hybridized carbons (Fsp3) is 0.154. The number of pyridine rings is 1. The minimum absolute atomic E-state index is 0.134. The maximum Gasteiger partial charge on any atom is 0.252 e. The molecular formula is C26H25N3O3. The molecule has 0 spiro atoms.